The summed E-state index contributed by atoms with van der Waals surface area (Å²) in [5.41, 5.74) is 2.98. The Morgan fingerprint density at radius 2 is 2.18 bits per heavy atom. The largest absolute Gasteiger partial charge is 0.371 e. The van der Waals surface area contributed by atoms with Gasteiger partial charge in [-0.1, -0.05) is 25.1 Å². The van der Waals surface area contributed by atoms with Crippen molar-refractivity contribution >= 4 is 5.69 Å². The van der Waals surface area contributed by atoms with Crippen molar-refractivity contribution < 1.29 is 0 Å². The van der Waals surface area contributed by atoms with Crippen molar-refractivity contribution in [2.45, 2.75) is 38.6 Å². The molecule has 2 atom stereocenters. The lowest BCUT2D eigenvalue weighted by molar-refractivity contribution is 0.534. The summed E-state index contributed by atoms with van der Waals surface area (Å²) in [6, 6.07) is 9.48. The summed E-state index contributed by atoms with van der Waals surface area (Å²) in [5.74, 6) is 0.712. The monoisotopic (exact) mass is 232 g/mol. The van der Waals surface area contributed by atoms with Crippen LogP contribution in [0.2, 0.25) is 0 Å². The van der Waals surface area contributed by atoms with Gasteiger partial charge in [-0.05, 0) is 44.4 Å². The lowest BCUT2D eigenvalue weighted by Crippen LogP contribution is -2.34. The Bertz CT molecular complexity index is 362. The van der Waals surface area contributed by atoms with Crippen molar-refractivity contribution in [3.63, 3.8) is 0 Å². The third-order valence-corrected chi connectivity index (χ3v) is 3.97. The van der Waals surface area contributed by atoms with Gasteiger partial charge in [-0.15, -0.1) is 0 Å². The molecule has 0 spiro atoms. The first-order valence-electron chi connectivity index (χ1n) is 6.73. The highest BCUT2D eigenvalue weighted by Crippen LogP contribution is 2.34. The molecule has 94 valence electrons. The average Bonchev–Trinajstić information content (AvgIpc) is 2.38. The lowest BCUT2D eigenvalue weighted by Gasteiger charge is -2.35. The predicted molar refractivity (Wildman–Crippen MR) is 74.8 cm³/mol. The SMILES string of the molecule is CNC(C)CCN1CCC(C)c2ccccc21. The van der Waals surface area contributed by atoms with Crippen LogP contribution in [0.25, 0.3) is 0 Å². The lowest BCUT2D eigenvalue weighted by atomic mass is 9.91. The topological polar surface area (TPSA) is 15.3 Å². The van der Waals surface area contributed by atoms with Crippen molar-refractivity contribution in [2.75, 3.05) is 25.0 Å². The number of fused-ring (bicyclic) bond motifs is 1. The van der Waals surface area contributed by atoms with Crippen LogP contribution in [0, 0.1) is 0 Å². The minimum Gasteiger partial charge on any atom is -0.371 e. The van der Waals surface area contributed by atoms with E-state index in [0.29, 0.717) is 12.0 Å². The van der Waals surface area contributed by atoms with Gasteiger partial charge < -0.3 is 10.2 Å². The van der Waals surface area contributed by atoms with Gasteiger partial charge in [-0.3, -0.25) is 0 Å². The number of para-hydroxylation sites is 1. The summed E-state index contributed by atoms with van der Waals surface area (Å²) >= 11 is 0. The molecule has 0 aliphatic carbocycles. The van der Waals surface area contributed by atoms with E-state index < -0.39 is 0 Å². The van der Waals surface area contributed by atoms with Crippen molar-refractivity contribution in [2.24, 2.45) is 0 Å². The van der Waals surface area contributed by atoms with Crippen LogP contribution in [0.5, 0.6) is 0 Å². The molecule has 1 aliphatic rings. The van der Waals surface area contributed by atoms with Crippen LogP contribution in [-0.4, -0.2) is 26.2 Å². The zero-order chi connectivity index (χ0) is 12.3. The highest BCUT2D eigenvalue weighted by Gasteiger charge is 2.21. The van der Waals surface area contributed by atoms with Crippen LogP contribution >= 0.6 is 0 Å². The quantitative estimate of drug-likeness (QED) is 0.858. The van der Waals surface area contributed by atoms with Crippen molar-refractivity contribution in [1.29, 1.82) is 0 Å². The van der Waals surface area contributed by atoms with E-state index in [4.69, 9.17) is 0 Å². The van der Waals surface area contributed by atoms with Crippen molar-refractivity contribution in [3.05, 3.63) is 29.8 Å². The van der Waals surface area contributed by atoms with Gasteiger partial charge in [-0.2, -0.15) is 0 Å². The molecule has 0 aromatic heterocycles. The van der Waals surface area contributed by atoms with Crippen molar-refractivity contribution in [3.8, 4) is 0 Å². The first kappa shape index (κ1) is 12.4. The molecular weight excluding hydrogens is 208 g/mol. The van der Waals surface area contributed by atoms with Gasteiger partial charge in [0.1, 0.15) is 0 Å². The van der Waals surface area contributed by atoms with Gasteiger partial charge in [0, 0.05) is 24.8 Å². The molecule has 1 aliphatic heterocycles. The summed E-state index contributed by atoms with van der Waals surface area (Å²) in [6.45, 7) is 6.95. The number of nitrogens with one attached hydrogen (secondary N) is 1. The zero-order valence-corrected chi connectivity index (χ0v) is 11.2. The normalized spacial score (nSPS) is 21.1. The van der Waals surface area contributed by atoms with Crippen LogP contribution in [0.15, 0.2) is 24.3 Å². The Labute approximate surface area is 105 Å². The molecule has 1 N–H and O–H groups in total. The summed E-state index contributed by atoms with van der Waals surface area (Å²) < 4.78 is 0. The van der Waals surface area contributed by atoms with E-state index in [-0.39, 0.29) is 0 Å². The number of nitrogens with zero attached hydrogens (tertiary/aromatic N) is 1. The van der Waals surface area contributed by atoms with Gasteiger partial charge in [-0.25, -0.2) is 0 Å². The summed E-state index contributed by atoms with van der Waals surface area (Å²) in [4.78, 5) is 2.54. The second-order valence-electron chi connectivity index (χ2n) is 5.21. The van der Waals surface area contributed by atoms with E-state index in [0.717, 1.165) is 6.54 Å². The molecule has 2 rings (SSSR count). The van der Waals surface area contributed by atoms with E-state index >= 15 is 0 Å². The summed E-state index contributed by atoms with van der Waals surface area (Å²) in [6.07, 6.45) is 2.49. The Morgan fingerprint density at radius 3 is 2.94 bits per heavy atom. The van der Waals surface area contributed by atoms with Crippen LogP contribution in [0.4, 0.5) is 5.69 Å². The number of hydrogen-bond acceptors (Lipinski definition) is 2. The molecule has 0 saturated carbocycles. The van der Waals surface area contributed by atoms with Gasteiger partial charge in [0.2, 0.25) is 0 Å². The fourth-order valence-electron chi connectivity index (χ4n) is 2.54. The van der Waals surface area contributed by atoms with Crippen LogP contribution in [0.1, 0.15) is 38.2 Å². The molecule has 1 aromatic rings. The van der Waals surface area contributed by atoms with E-state index in [9.17, 15) is 0 Å². The molecule has 0 saturated heterocycles. The molecule has 17 heavy (non-hydrogen) atoms. The average molecular weight is 232 g/mol. The molecular formula is C15H24N2. The molecule has 0 fully saturated rings. The van der Waals surface area contributed by atoms with E-state index in [1.54, 1.807) is 0 Å². The Balaban J connectivity index is 2.08. The fourth-order valence-corrected chi connectivity index (χ4v) is 2.54. The van der Waals surface area contributed by atoms with Gasteiger partial charge in [0.25, 0.3) is 0 Å². The highest BCUT2D eigenvalue weighted by molar-refractivity contribution is 5.56. The van der Waals surface area contributed by atoms with Crippen LogP contribution in [0.3, 0.4) is 0 Å². The highest BCUT2D eigenvalue weighted by atomic mass is 15.1. The van der Waals surface area contributed by atoms with E-state index in [1.165, 1.54) is 30.6 Å². The third-order valence-electron chi connectivity index (χ3n) is 3.97. The maximum Gasteiger partial charge on any atom is 0.0401 e. The fraction of sp³-hybridized carbons (Fsp3) is 0.600. The van der Waals surface area contributed by atoms with Gasteiger partial charge in [0.15, 0.2) is 0 Å². The predicted octanol–water partition coefficient (Wildman–Crippen LogP) is 3.00. The number of benzene rings is 1. The Kier molecular flexibility index (Phi) is 4.06. The zero-order valence-electron chi connectivity index (χ0n) is 11.2. The molecule has 1 aromatic carbocycles. The molecule has 0 radical (unpaired) electrons. The first-order chi connectivity index (χ1) is 8.22. The van der Waals surface area contributed by atoms with E-state index in [1.807, 2.05) is 7.05 Å². The molecule has 2 unspecified atom stereocenters. The van der Waals surface area contributed by atoms with Gasteiger partial charge >= 0.3 is 0 Å². The molecule has 0 bridgehead atoms. The number of anilines is 1. The minimum atomic E-state index is 0.599. The molecule has 1 heterocycles. The standard InChI is InChI=1S/C15H24N2/c1-12-8-10-17(11-9-13(2)16-3)15-7-5-4-6-14(12)15/h4-7,12-13,16H,8-11H2,1-3H3. The second kappa shape index (κ2) is 5.54. The maximum atomic E-state index is 3.31. The molecule has 0 amide bonds. The number of rotatable bonds is 4. The Morgan fingerprint density at radius 1 is 1.41 bits per heavy atom. The minimum absolute atomic E-state index is 0.599. The molecule has 2 nitrogen and oxygen atoms in total. The third kappa shape index (κ3) is 2.81. The maximum absolute atomic E-state index is 3.31. The van der Waals surface area contributed by atoms with Gasteiger partial charge in [0.05, 0.1) is 0 Å². The molecule has 2 heteroatoms. The summed E-state index contributed by atoms with van der Waals surface area (Å²) in [5, 5.41) is 3.31. The second-order valence-corrected chi connectivity index (χ2v) is 5.21. The van der Waals surface area contributed by atoms with Crippen LogP contribution in [-0.2, 0) is 0 Å². The van der Waals surface area contributed by atoms with Crippen LogP contribution < -0.4 is 10.2 Å². The van der Waals surface area contributed by atoms with E-state index in [2.05, 4.69) is 48.3 Å². The summed E-state index contributed by atoms with van der Waals surface area (Å²) in [7, 11) is 2.04. The smallest absolute Gasteiger partial charge is 0.0401 e. The van der Waals surface area contributed by atoms with Crippen molar-refractivity contribution in [1.82, 2.24) is 5.32 Å². The Hall–Kier alpha value is -1.02. The first-order valence-corrected chi connectivity index (χ1v) is 6.73. The number of hydrogen-bond donors (Lipinski definition) is 1.